The van der Waals surface area contributed by atoms with Gasteiger partial charge in [-0.05, 0) is 39.2 Å². The molecule has 36 heavy (non-hydrogen) atoms. The fourth-order valence-electron chi connectivity index (χ4n) is 6.00. The van der Waals surface area contributed by atoms with Gasteiger partial charge < -0.3 is 19.3 Å². The highest BCUT2D eigenvalue weighted by Gasteiger charge is 2.51. The molecule has 0 aromatic heterocycles. The Morgan fingerprint density at radius 2 is 1.75 bits per heavy atom. The maximum absolute atomic E-state index is 14.0. The van der Waals surface area contributed by atoms with Crippen LogP contribution in [0.25, 0.3) is 0 Å². The summed E-state index contributed by atoms with van der Waals surface area (Å²) < 4.78 is 18.6. The van der Waals surface area contributed by atoms with Crippen LogP contribution in [0.5, 0.6) is 17.2 Å². The summed E-state index contributed by atoms with van der Waals surface area (Å²) in [6.07, 6.45) is -0.379. The summed E-state index contributed by atoms with van der Waals surface area (Å²) in [5.74, 6) is 0.967. The maximum Gasteiger partial charge on any atom is 0.176 e. The molecular formula is C30H32O6. The molecule has 2 heterocycles. The second-order valence-corrected chi connectivity index (χ2v) is 10.7. The number of phenolic OH excluding ortho intramolecular Hbond substituents is 1. The van der Waals surface area contributed by atoms with E-state index in [4.69, 9.17) is 14.2 Å². The van der Waals surface area contributed by atoms with Crippen molar-refractivity contribution in [2.24, 2.45) is 11.3 Å². The number of phenols is 1. The SMILES string of the molecule is COC1=C(C)C2=C(C(=O)C1(C)C)[C@H](C(C)C)c1c(c(C)c(O)c3c1O[C@H](c1ccccc1)CC3=O)O2. The third-order valence-corrected chi connectivity index (χ3v) is 7.73. The van der Waals surface area contributed by atoms with Gasteiger partial charge in [0.2, 0.25) is 0 Å². The molecule has 5 rings (SSSR count). The Hall–Kier alpha value is -3.54. The quantitative estimate of drug-likeness (QED) is 0.544. The zero-order valence-corrected chi connectivity index (χ0v) is 21.8. The minimum Gasteiger partial charge on any atom is -0.507 e. The van der Waals surface area contributed by atoms with E-state index in [1.165, 1.54) is 0 Å². The summed E-state index contributed by atoms with van der Waals surface area (Å²) in [5.41, 5.74) is 2.60. The molecule has 2 aromatic carbocycles. The minimum absolute atomic E-state index is 0.0156. The van der Waals surface area contributed by atoms with Crippen LogP contribution in [-0.2, 0) is 9.53 Å². The molecule has 0 unspecified atom stereocenters. The van der Waals surface area contributed by atoms with E-state index >= 15 is 0 Å². The van der Waals surface area contributed by atoms with Gasteiger partial charge in [-0.2, -0.15) is 0 Å². The summed E-state index contributed by atoms with van der Waals surface area (Å²) in [6.45, 7) is 11.4. The van der Waals surface area contributed by atoms with E-state index in [1.807, 2.05) is 65.0 Å². The van der Waals surface area contributed by atoms with Crippen molar-refractivity contribution >= 4 is 11.6 Å². The number of aromatic hydroxyl groups is 1. The molecule has 1 N–H and O–H groups in total. The van der Waals surface area contributed by atoms with Gasteiger partial charge in [-0.3, -0.25) is 9.59 Å². The van der Waals surface area contributed by atoms with Crippen LogP contribution in [0.2, 0.25) is 0 Å². The molecule has 6 nitrogen and oxygen atoms in total. The minimum atomic E-state index is -0.874. The van der Waals surface area contributed by atoms with Gasteiger partial charge in [0.05, 0.1) is 18.9 Å². The molecule has 188 valence electrons. The number of hydrogen-bond donors (Lipinski definition) is 1. The molecule has 2 atom stereocenters. The standard InChI is InChI=1S/C30H32O6/c1-14(2)20-22-25(36-26-16(4)29(34-7)30(5,6)28(33)23(20)26)15(3)24(32)21-18(31)13-19(35-27(21)22)17-11-9-8-10-12-17/h8-12,14,19-20,32H,13H2,1-7H3/t19-,20+/m0/s1. The normalized spacial score (nSPS) is 22.6. The number of methoxy groups -OCH3 is 1. The van der Waals surface area contributed by atoms with Gasteiger partial charge in [-0.1, -0.05) is 44.2 Å². The van der Waals surface area contributed by atoms with E-state index < -0.39 is 11.5 Å². The lowest BCUT2D eigenvalue weighted by Gasteiger charge is -2.42. The lowest BCUT2D eigenvalue weighted by Crippen LogP contribution is -2.40. The van der Waals surface area contributed by atoms with E-state index in [0.717, 1.165) is 11.1 Å². The molecule has 0 saturated carbocycles. The topological polar surface area (TPSA) is 82.1 Å². The predicted octanol–water partition coefficient (Wildman–Crippen LogP) is 6.32. The van der Waals surface area contributed by atoms with Crippen molar-refractivity contribution in [3.63, 3.8) is 0 Å². The first-order valence-corrected chi connectivity index (χ1v) is 12.4. The Morgan fingerprint density at radius 1 is 1.08 bits per heavy atom. The van der Waals surface area contributed by atoms with Gasteiger partial charge in [0.25, 0.3) is 0 Å². The predicted molar refractivity (Wildman–Crippen MR) is 135 cm³/mol. The second-order valence-electron chi connectivity index (χ2n) is 10.7. The van der Waals surface area contributed by atoms with Crippen molar-refractivity contribution in [2.75, 3.05) is 7.11 Å². The van der Waals surface area contributed by atoms with Gasteiger partial charge in [0, 0.05) is 28.2 Å². The largest absolute Gasteiger partial charge is 0.507 e. The Balaban J connectivity index is 1.79. The summed E-state index contributed by atoms with van der Waals surface area (Å²) in [7, 11) is 1.56. The van der Waals surface area contributed by atoms with Crippen molar-refractivity contribution in [1.29, 1.82) is 0 Å². The number of hydrogen-bond acceptors (Lipinski definition) is 6. The van der Waals surface area contributed by atoms with Crippen LogP contribution >= 0.6 is 0 Å². The van der Waals surface area contributed by atoms with E-state index in [-0.39, 0.29) is 41.1 Å². The summed E-state index contributed by atoms with van der Waals surface area (Å²) in [6, 6.07) is 9.57. The average molecular weight is 489 g/mol. The molecule has 3 aliphatic rings. The number of carbonyl (C=O) groups excluding carboxylic acids is 2. The second kappa shape index (κ2) is 8.26. The molecule has 0 saturated heterocycles. The number of rotatable bonds is 3. The summed E-state index contributed by atoms with van der Waals surface area (Å²) in [4.78, 5) is 27.4. The van der Waals surface area contributed by atoms with Crippen molar-refractivity contribution in [1.82, 2.24) is 0 Å². The van der Waals surface area contributed by atoms with E-state index in [2.05, 4.69) is 0 Å². The van der Waals surface area contributed by atoms with E-state index in [9.17, 15) is 14.7 Å². The number of fused-ring (bicyclic) bond motifs is 3. The first kappa shape index (κ1) is 24.2. The molecule has 0 spiro atoms. The molecule has 0 radical (unpaired) electrons. The molecule has 0 amide bonds. The summed E-state index contributed by atoms with van der Waals surface area (Å²) >= 11 is 0. The van der Waals surface area contributed by atoms with Crippen LogP contribution in [0.3, 0.4) is 0 Å². The van der Waals surface area contributed by atoms with Gasteiger partial charge in [0.1, 0.15) is 40.4 Å². The molecule has 6 heteroatoms. The van der Waals surface area contributed by atoms with Crippen LogP contribution in [-0.4, -0.2) is 23.8 Å². The third-order valence-electron chi connectivity index (χ3n) is 7.73. The monoisotopic (exact) mass is 488 g/mol. The molecule has 1 aliphatic carbocycles. The fourth-order valence-corrected chi connectivity index (χ4v) is 6.00. The highest BCUT2D eigenvalue weighted by atomic mass is 16.5. The van der Waals surface area contributed by atoms with Crippen molar-refractivity contribution < 1.29 is 28.9 Å². The van der Waals surface area contributed by atoms with Crippen LogP contribution in [0, 0.1) is 18.3 Å². The van der Waals surface area contributed by atoms with Crippen molar-refractivity contribution in [2.45, 2.75) is 60.0 Å². The average Bonchev–Trinajstić information content (AvgIpc) is 2.85. The molecule has 2 aliphatic heterocycles. The van der Waals surface area contributed by atoms with Crippen molar-refractivity contribution in [3.8, 4) is 17.2 Å². The Bertz CT molecular complexity index is 1360. The number of ketones is 2. The Labute approximate surface area is 211 Å². The molecule has 0 bridgehead atoms. The lowest BCUT2D eigenvalue weighted by atomic mass is 9.67. The van der Waals surface area contributed by atoms with Gasteiger partial charge in [0.15, 0.2) is 11.6 Å². The van der Waals surface area contributed by atoms with Gasteiger partial charge in [-0.25, -0.2) is 0 Å². The number of benzene rings is 2. The van der Waals surface area contributed by atoms with Crippen LogP contribution in [0.1, 0.15) is 80.1 Å². The number of allylic oxidation sites excluding steroid dienone is 3. The Morgan fingerprint density at radius 3 is 2.36 bits per heavy atom. The molecule has 0 fully saturated rings. The smallest absolute Gasteiger partial charge is 0.176 e. The highest BCUT2D eigenvalue weighted by Crippen LogP contribution is 2.59. The fraction of sp³-hybridized carbons (Fsp3) is 0.400. The maximum atomic E-state index is 14.0. The van der Waals surface area contributed by atoms with Gasteiger partial charge in [-0.15, -0.1) is 0 Å². The first-order chi connectivity index (χ1) is 17.0. The van der Waals surface area contributed by atoms with Crippen LogP contribution < -0.4 is 9.47 Å². The van der Waals surface area contributed by atoms with Crippen molar-refractivity contribution in [3.05, 3.63) is 75.3 Å². The molecular weight excluding hydrogens is 456 g/mol. The summed E-state index contributed by atoms with van der Waals surface area (Å²) in [5, 5.41) is 11.1. The molecule has 2 aromatic rings. The zero-order chi connectivity index (χ0) is 26.1. The van der Waals surface area contributed by atoms with Gasteiger partial charge >= 0.3 is 0 Å². The number of carbonyl (C=O) groups is 2. The first-order valence-electron chi connectivity index (χ1n) is 12.4. The lowest BCUT2D eigenvalue weighted by molar-refractivity contribution is -0.124. The van der Waals surface area contributed by atoms with Crippen LogP contribution in [0.15, 0.2) is 53.0 Å². The third kappa shape index (κ3) is 3.23. The highest BCUT2D eigenvalue weighted by molar-refractivity contribution is 6.07. The van der Waals surface area contributed by atoms with E-state index in [0.29, 0.717) is 39.7 Å². The Kier molecular flexibility index (Phi) is 5.54. The zero-order valence-electron chi connectivity index (χ0n) is 21.8. The van der Waals surface area contributed by atoms with E-state index in [1.54, 1.807) is 14.0 Å². The number of Topliss-reactive ketones (excluding diaryl/α,β-unsaturated/α-hetero) is 2. The van der Waals surface area contributed by atoms with Crippen LogP contribution in [0.4, 0.5) is 0 Å². The number of ether oxygens (including phenoxy) is 3.